The third-order valence-corrected chi connectivity index (χ3v) is 7.06. The summed E-state index contributed by atoms with van der Waals surface area (Å²) >= 11 is 7.52. The van der Waals surface area contributed by atoms with E-state index in [4.69, 9.17) is 11.6 Å². The number of rotatable bonds is 8. The molecule has 0 saturated heterocycles. The van der Waals surface area contributed by atoms with Crippen molar-refractivity contribution in [3.63, 3.8) is 0 Å². The topological polar surface area (TPSA) is 66.5 Å². The van der Waals surface area contributed by atoms with Gasteiger partial charge in [0.15, 0.2) is 0 Å². The van der Waals surface area contributed by atoms with E-state index in [9.17, 15) is 13.2 Å². The maximum absolute atomic E-state index is 12.6. The fourth-order valence-electron chi connectivity index (χ4n) is 2.33. The minimum Gasteiger partial charge on any atom is -0.324 e. The summed E-state index contributed by atoms with van der Waals surface area (Å²) in [6.07, 6.45) is 0. The average Bonchev–Trinajstić information content (AvgIpc) is 2.63. The van der Waals surface area contributed by atoms with Crippen LogP contribution in [0, 0.1) is 0 Å². The van der Waals surface area contributed by atoms with Gasteiger partial charge in [0.05, 0.1) is 21.4 Å². The standard InChI is InChI=1S/C18H21ClN2O3S2/c1-3-21(4-2)26(23,24)15-10-11-16(19)17(12-15)20-18(22)13-25-14-8-6-5-7-9-14/h5-12H,3-4,13H2,1-2H3,(H,20,22). The van der Waals surface area contributed by atoms with Crippen LogP contribution in [0.1, 0.15) is 13.8 Å². The van der Waals surface area contributed by atoms with Crippen LogP contribution in [-0.2, 0) is 14.8 Å². The Hall–Kier alpha value is -1.54. The van der Waals surface area contributed by atoms with Crippen LogP contribution < -0.4 is 5.32 Å². The molecule has 0 bridgehead atoms. The van der Waals surface area contributed by atoms with Gasteiger partial charge in [0.1, 0.15) is 0 Å². The van der Waals surface area contributed by atoms with Crippen LogP contribution in [0.15, 0.2) is 58.3 Å². The fraction of sp³-hybridized carbons (Fsp3) is 0.278. The summed E-state index contributed by atoms with van der Waals surface area (Å²) < 4.78 is 26.6. The normalized spacial score (nSPS) is 11.5. The van der Waals surface area contributed by atoms with Crippen LogP contribution in [-0.4, -0.2) is 37.5 Å². The number of benzene rings is 2. The molecule has 0 atom stereocenters. The Morgan fingerprint density at radius 1 is 1.12 bits per heavy atom. The Balaban J connectivity index is 2.13. The first-order valence-corrected chi connectivity index (χ1v) is 11.0. The Bertz CT molecular complexity index is 854. The van der Waals surface area contributed by atoms with E-state index in [0.717, 1.165) is 4.90 Å². The van der Waals surface area contributed by atoms with Crippen molar-refractivity contribution in [2.45, 2.75) is 23.6 Å². The lowest BCUT2D eigenvalue weighted by Crippen LogP contribution is -2.30. The Morgan fingerprint density at radius 3 is 2.38 bits per heavy atom. The molecule has 8 heteroatoms. The van der Waals surface area contributed by atoms with Gasteiger partial charge in [0, 0.05) is 18.0 Å². The van der Waals surface area contributed by atoms with Gasteiger partial charge < -0.3 is 5.32 Å². The molecule has 26 heavy (non-hydrogen) atoms. The van der Waals surface area contributed by atoms with Crippen LogP contribution >= 0.6 is 23.4 Å². The van der Waals surface area contributed by atoms with Crippen molar-refractivity contribution in [2.75, 3.05) is 24.2 Å². The van der Waals surface area contributed by atoms with E-state index >= 15 is 0 Å². The molecule has 2 aromatic rings. The minimum absolute atomic E-state index is 0.108. The van der Waals surface area contributed by atoms with Crippen molar-refractivity contribution in [3.05, 3.63) is 53.6 Å². The third kappa shape index (κ3) is 5.23. The third-order valence-electron chi connectivity index (χ3n) is 3.67. The number of carbonyl (C=O) groups excluding carboxylic acids is 1. The number of nitrogens with zero attached hydrogens (tertiary/aromatic N) is 1. The summed E-state index contributed by atoms with van der Waals surface area (Å²) in [6.45, 7) is 4.30. The molecular weight excluding hydrogens is 392 g/mol. The number of halogens is 1. The SMILES string of the molecule is CCN(CC)S(=O)(=O)c1ccc(Cl)c(NC(=O)CSc2ccccc2)c1. The summed E-state index contributed by atoms with van der Waals surface area (Å²) in [4.78, 5) is 13.3. The summed E-state index contributed by atoms with van der Waals surface area (Å²) in [7, 11) is -3.61. The molecular formula is C18H21ClN2O3S2. The van der Waals surface area contributed by atoms with E-state index < -0.39 is 10.0 Å². The van der Waals surface area contributed by atoms with Gasteiger partial charge in [0.2, 0.25) is 15.9 Å². The van der Waals surface area contributed by atoms with E-state index in [1.807, 2.05) is 30.3 Å². The summed E-state index contributed by atoms with van der Waals surface area (Å²) in [5, 5.41) is 2.99. The number of amides is 1. The van der Waals surface area contributed by atoms with E-state index in [1.165, 1.54) is 34.3 Å². The molecule has 1 amide bonds. The molecule has 2 rings (SSSR count). The van der Waals surface area contributed by atoms with Gasteiger partial charge in [-0.15, -0.1) is 11.8 Å². The van der Waals surface area contributed by atoms with Gasteiger partial charge in [-0.3, -0.25) is 4.79 Å². The van der Waals surface area contributed by atoms with Crippen molar-refractivity contribution < 1.29 is 13.2 Å². The predicted molar refractivity (Wildman–Crippen MR) is 107 cm³/mol. The number of thioether (sulfide) groups is 1. The molecule has 0 heterocycles. The zero-order chi connectivity index (χ0) is 19.2. The lowest BCUT2D eigenvalue weighted by atomic mass is 10.3. The number of hydrogen-bond acceptors (Lipinski definition) is 4. The van der Waals surface area contributed by atoms with Crippen molar-refractivity contribution >= 4 is 45.0 Å². The molecule has 140 valence electrons. The quantitative estimate of drug-likeness (QED) is 0.663. The molecule has 0 aromatic heterocycles. The number of nitrogens with one attached hydrogen (secondary N) is 1. The van der Waals surface area contributed by atoms with Crippen molar-refractivity contribution in [1.29, 1.82) is 0 Å². The highest BCUT2D eigenvalue weighted by molar-refractivity contribution is 8.00. The Morgan fingerprint density at radius 2 is 1.77 bits per heavy atom. The lowest BCUT2D eigenvalue weighted by molar-refractivity contribution is -0.113. The second kappa shape index (κ2) is 9.41. The zero-order valence-electron chi connectivity index (χ0n) is 14.6. The molecule has 2 aromatic carbocycles. The van der Waals surface area contributed by atoms with Gasteiger partial charge >= 0.3 is 0 Å². The first-order chi connectivity index (χ1) is 12.4. The van der Waals surface area contributed by atoms with Crippen LogP contribution in [0.2, 0.25) is 5.02 Å². The Kier molecular flexibility index (Phi) is 7.52. The zero-order valence-corrected chi connectivity index (χ0v) is 17.0. The summed E-state index contributed by atoms with van der Waals surface area (Å²) in [6, 6.07) is 13.9. The van der Waals surface area contributed by atoms with E-state index in [0.29, 0.717) is 23.8 Å². The molecule has 0 aliphatic carbocycles. The molecule has 0 aliphatic heterocycles. The Labute approximate surface area is 163 Å². The van der Waals surface area contributed by atoms with Gasteiger partial charge in [-0.25, -0.2) is 8.42 Å². The summed E-state index contributed by atoms with van der Waals surface area (Å²) in [5.41, 5.74) is 0.290. The number of sulfonamides is 1. The van der Waals surface area contributed by atoms with Gasteiger partial charge in [-0.1, -0.05) is 43.6 Å². The molecule has 5 nitrogen and oxygen atoms in total. The monoisotopic (exact) mass is 412 g/mol. The lowest BCUT2D eigenvalue weighted by Gasteiger charge is -2.19. The van der Waals surface area contributed by atoms with E-state index in [-0.39, 0.29) is 16.6 Å². The maximum atomic E-state index is 12.6. The first kappa shape index (κ1) is 20.8. The van der Waals surface area contributed by atoms with Gasteiger partial charge in [-0.05, 0) is 30.3 Å². The predicted octanol–water partition coefficient (Wildman–Crippen LogP) is 4.10. The molecule has 0 saturated carbocycles. The highest BCUT2D eigenvalue weighted by Crippen LogP contribution is 2.27. The van der Waals surface area contributed by atoms with Crippen LogP contribution in [0.4, 0.5) is 5.69 Å². The largest absolute Gasteiger partial charge is 0.324 e. The van der Waals surface area contributed by atoms with Crippen molar-refractivity contribution in [1.82, 2.24) is 4.31 Å². The number of hydrogen-bond donors (Lipinski definition) is 1. The second-order valence-electron chi connectivity index (χ2n) is 5.38. The molecule has 0 unspecified atom stereocenters. The van der Waals surface area contributed by atoms with Crippen LogP contribution in [0.25, 0.3) is 0 Å². The van der Waals surface area contributed by atoms with Gasteiger partial charge in [0.25, 0.3) is 0 Å². The average molecular weight is 413 g/mol. The first-order valence-electron chi connectivity index (χ1n) is 8.15. The molecule has 0 spiro atoms. The summed E-state index contributed by atoms with van der Waals surface area (Å²) in [5.74, 6) is -0.0500. The number of carbonyl (C=O) groups is 1. The van der Waals surface area contributed by atoms with Gasteiger partial charge in [-0.2, -0.15) is 4.31 Å². The van der Waals surface area contributed by atoms with Crippen molar-refractivity contribution in [2.24, 2.45) is 0 Å². The fourth-order valence-corrected chi connectivity index (χ4v) is 4.69. The molecule has 0 aliphatic rings. The number of anilines is 1. The highest BCUT2D eigenvalue weighted by atomic mass is 35.5. The van der Waals surface area contributed by atoms with E-state index in [1.54, 1.807) is 13.8 Å². The molecule has 0 fully saturated rings. The van der Waals surface area contributed by atoms with Crippen LogP contribution in [0.5, 0.6) is 0 Å². The van der Waals surface area contributed by atoms with Crippen LogP contribution in [0.3, 0.4) is 0 Å². The van der Waals surface area contributed by atoms with Crippen molar-refractivity contribution in [3.8, 4) is 0 Å². The maximum Gasteiger partial charge on any atom is 0.243 e. The second-order valence-corrected chi connectivity index (χ2v) is 8.77. The minimum atomic E-state index is -3.61. The smallest absolute Gasteiger partial charge is 0.243 e. The highest BCUT2D eigenvalue weighted by Gasteiger charge is 2.22. The molecule has 1 N–H and O–H groups in total. The molecule has 0 radical (unpaired) electrons. The van der Waals surface area contributed by atoms with E-state index in [2.05, 4.69) is 5.32 Å².